The van der Waals surface area contributed by atoms with E-state index in [4.69, 9.17) is 4.74 Å². The predicted molar refractivity (Wildman–Crippen MR) is 128 cm³/mol. The van der Waals surface area contributed by atoms with Crippen molar-refractivity contribution < 1.29 is 23.5 Å². The van der Waals surface area contributed by atoms with Crippen molar-refractivity contribution in [1.82, 2.24) is 20.1 Å². The van der Waals surface area contributed by atoms with Crippen molar-refractivity contribution in [3.05, 3.63) is 59.2 Å². The Labute approximate surface area is 208 Å². The lowest BCUT2D eigenvalue weighted by molar-refractivity contribution is -0.136. The summed E-state index contributed by atoms with van der Waals surface area (Å²) >= 11 is 0. The lowest BCUT2D eigenvalue weighted by Crippen LogP contribution is -2.57. The van der Waals surface area contributed by atoms with E-state index in [1.54, 1.807) is 23.2 Å². The molecule has 3 atom stereocenters. The summed E-state index contributed by atoms with van der Waals surface area (Å²) in [5, 5.41) is 2.34. The van der Waals surface area contributed by atoms with Gasteiger partial charge in [0, 0.05) is 49.8 Å². The summed E-state index contributed by atoms with van der Waals surface area (Å²) in [7, 11) is 0. The van der Waals surface area contributed by atoms with E-state index in [1.807, 2.05) is 12.1 Å². The molecule has 188 valence electrons. The van der Waals surface area contributed by atoms with Crippen LogP contribution in [0.15, 0.2) is 36.7 Å². The first-order chi connectivity index (χ1) is 17.5. The third-order valence-electron chi connectivity index (χ3n) is 8.07. The van der Waals surface area contributed by atoms with Crippen molar-refractivity contribution in [2.45, 2.75) is 69.2 Å². The zero-order chi connectivity index (χ0) is 24.8. The van der Waals surface area contributed by atoms with Gasteiger partial charge in [-0.05, 0) is 61.1 Å². The minimum atomic E-state index is -0.626. The summed E-state index contributed by atoms with van der Waals surface area (Å²) < 4.78 is 20.6. The number of aromatic nitrogens is 1. The number of likely N-dealkylation sites (tertiary alicyclic amines) is 1. The average Bonchev–Trinajstić information content (AvgIpc) is 3.16. The molecule has 3 fully saturated rings. The normalized spacial score (nSPS) is 27.0. The molecule has 0 bridgehead atoms. The fourth-order valence-corrected chi connectivity index (χ4v) is 6.13. The van der Waals surface area contributed by atoms with Gasteiger partial charge < -0.3 is 9.64 Å². The van der Waals surface area contributed by atoms with E-state index in [0.29, 0.717) is 18.5 Å². The Kier molecular flexibility index (Phi) is 5.95. The highest BCUT2D eigenvalue weighted by molar-refractivity contribution is 6.05. The van der Waals surface area contributed by atoms with Crippen molar-refractivity contribution in [3.63, 3.8) is 0 Å². The van der Waals surface area contributed by atoms with Crippen LogP contribution in [-0.4, -0.2) is 63.8 Å². The summed E-state index contributed by atoms with van der Waals surface area (Å²) in [6.07, 6.45) is 7.79. The van der Waals surface area contributed by atoms with Crippen LogP contribution in [0.4, 0.5) is 4.39 Å². The van der Waals surface area contributed by atoms with Gasteiger partial charge in [0.2, 0.25) is 11.8 Å². The summed E-state index contributed by atoms with van der Waals surface area (Å²) in [6.45, 7) is 1.95. The number of ether oxygens (including phenoxy) is 1. The number of hydrogen-bond acceptors (Lipinski definition) is 6. The van der Waals surface area contributed by atoms with Gasteiger partial charge in [-0.3, -0.25) is 29.6 Å². The number of imide groups is 1. The highest BCUT2D eigenvalue weighted by atomic mass is 19.1. The molecule has 3 amide bonds. The maximum absolute atomic E-state index is 14.1. The van der Waals surface area contributed by atoms with Crippen molar-refractivity contribution in [2.75, 3.05) is 13.1 Å². The molecule has 1 saturated carbocycles. The Balaban J connectivity index is 1.12. The van der Waals surface area contributed by atoms with Crippen molar-refractivity contribution in [3.8, 4) is 5.75 Å². The molecule has 6 rings (SSSR count). The quantitative estimate of drug-likeness (QED) is 0.646. The minimum Gasteiger partial charge on any atom is -0.489 e. The van der Waals surface area contributed by atoms with Crippen LogP contribution < -0.4 is 10.1 Å². The highest BCUT2D eigenvalue weighted by Gasteiger charge is 2.41. The summed E-state index contributed by atoms with van der Waals surface area (Å²) in [5.41, 5.74) is 2.15. The Morgan fingerprint density at radius 1 is 1.06 bits per heavy atom. The Bertz CT molecular complexity index is 1210. The largest absolute Gasteiger partial charge is 0.489 e. The molecule has 8 nitrogen and oxygen atoms in total. The van der Waals surface area contributed by atoms with Gasteiger partial charge in [-0.15, -0.1) is 0 Å². The summed E-state index contributed by atoms with van der Waals surface area (Å²) in [6, 6.07) is 6.95. The maximum Gasteiger partial charge on any atom is 0.255 e. The smallest absolute Gasteiger partial charge is 0.255 e. The number of hydrogen-bond donors (Lipinski definition) is 1. The van der Waals surface area contributed by atoms with Crippen LogP contribution in [0.1, 0.15) is 65.9 Å². The van der Waals surface area contributed by atoms with Crippen LogP contribution in [0.5, 0.6) is 5.75 Å². The molecular formula is C27H29FN4O4. The number of halogens is 1. The van der Waals surface area contributed by atoms with Gasteiger partial charge in [-0.1, -0.05) is 6.42 Å². The van der Waals surface area contributed by atoms with Crippen LogP contribution in [0.2, 0.25) is 0 Å². The molecule has 1 aliphatic carbocycles. The van der Waals surface area contributed by atoms with E-state index in [-0.39, 0.29) is 42.1 Å². The SMILES string of the molecule is O=C1CCC(N2Cc3cc(O[C@H]4CCCC[C@H]4N4CC(c5ccncc5F)C4)ccc3C2=O)C(=O)N1. The number of amides is 3. The first-order valence-corrected chi connectivity index (χ1v) is 12.8. The number of carbonyl (C=O) groups is 3. The molecular weight excluding hydrogens is 463 g/mol. The van der Waals surface area contributed by atoms with Crippen molar-refractivity contribution >= 4 is 17.7 Å². The van der Waals surface area contributed by atoms with Gasteiger partial charge in [0.05, 0.1) is 6.20 Å². The Morgan fingerprint density at radius 3 is 2.69 bits per heavy atom. The zero-order valence-electron chi connectivity index (χ0n) is 20.0. The predicted octanol–water partition coefficient (Wildman–Crippen LogP) is 2.77. The standard InChI is InChI=1S/C27H29FN4O4/c28-21-12-29-10-9-19(21)17-13-31(14-17)22-3-1-2-4-24(22)36-18-5-6-20-16(11-18)15-32(27(20)35)23-7-8-25(33)30-26(23)34/h5-6,9-12,17,22-24H,1-4,7-8,13-15H2,(H,30,33,34)/t22-,23?,24+/m1/s1. The number of carbonyl (C=O) groups excluding carboxylic acids is 3. The topological polar surface area (TPSA) is 91.8 Å². The van der Waals surface area contributed by atoms with E-state index >= 15 is 0 Å². The molecule has 2 saturated heterocycles. The van der Waals surface area contributed by atoms with Crippen LogP contribution in [-0.2, 0) is 16.1 Å². The fourth-order valence-electron chi connectivity index (χ4n) is 6.13. The van der Waals surface area contributed by atoms with E-state index < -0.39 is 11.9 Å². The molecule has 1 N–H and O–H groups in total. The van der Waals surface area contributed by atoms with Crippen LogP contribution in [0.25, 0.3) is 0 Å². The van der Waals surface area contributed by atoms with Gasteiger partial charge in [0.25, 0.3) is 5.91 Å². The van der Waals surface area contributed by atoms with Gasteiger partial charge in [-0.25, -0.2) is 4.39 Å². The van der Waals surface area contributed by atoms with Gasteiger partial charge in [0.15, 0.2) is 0 Å². The summed E-state index contributed by atoms with van der Waals surface area (Å²) in [4.78, 5) is 44.6. The molecule has 1 aromatic carbocycles. The number of nitrogens with one attached hydrogen (secondary N) is 1. The fraction of sp³-hybridized carbons (Fsp3) is 0.481. The molecule has 3 aliphatic heterocycles. The summed E-state index contributed by atoms with van der Waals surface area (Å²) in [5.74, 6) is -0.221. The molecule has 4 aliphatic rings. The first kappa shape index (κ1) is 23.1. The molecule has 9 heteroatoms. The van der Waals surface area contributed by atoms with Crippen LogP contribution in [0.3, 0.4) is 0 Å². The van der Waals surface area contributed by atoms with Gasteiger partial charge in [-0.2, -0.15) is 0 Å². The third kappa shape index (κ3) is 4.15. The molecule has 0 spiro atoms. The zero-order valence-corrected chi connectivity index (χ0v) is 20.0. The third-order valence-corrected chi connectivity index (χ3v) is 8.07. The number of piperidine rings is 1. The van der Waals surface area contributed by atoms with Gasteiger partial charge in [0.1, 0.15) is 23.7 Å². The first-order valence-electron chi connectivity index (χ1n) is 12.8. The second-order valence-electron chi connectivity index (χ2n) is 10.3. The van der Waals surface area contributed by atoms with E-state index in [0.717, 1.165) is 55.6 Å². The monoisotopic (exact) mass is 492 g/mol. The highest BCUT2D eigenvalue weighted by Crippen LogP contribution is 2.37. The van der Waals surface area contributed by atoms with Gasteiger partial charge >= 0.3 is 0 Å². The second kappa shape index (κ2) is 9.28. The number of rotatable bonds is 5. The molecule has 2 aromatic rings. The molecule has 1 unspecified atom stereocenters. The average molecular weight is 493 g/mol. The van der Waals surface area contributed by atoms with Crippen LogP contribution in [0, 0.1) is 5.82 Å². The van der Waals surface area contributed by atoms with Crippen molar-refractivity contribution in [1.29, 1.82) is 0 Å². The second-order valence-corrected chi connectivity index (χ2v) is 10.3. The number of pyridine rings is 1. The molecule has 1 aromatic heterocycles. The lowest BCUT2D eigenvalue weighted by atomic mass is 9.84. The van der Waals surface area contributed by atoms with E-state index in [9.17, 15) is 18.8 Å². The lowest BCUT2D eigenvalue weighted by Gasteiger charge is -2.48. The van der Waals surface area contributed by atoms with Crippen molar-refractivity contribution in [2.24, 2.45) is 0 Å². The maximum atomic E-state index is 14.1. The Morgan fingerprint density at radius 2 is 1.89 bits per heavy atom. The van der Waals surface area contributed by atoms with E-state index in [2.05, 4.69) is 15.2 Å². The molecule has 4 heterocycles. The number of nitrogens with zero attached hydrogens (tertiary/aromatic N) is 3. The number of benzene rings is 1. The van der Waals surface area contributed by atoms with E-state index in [1.165, 1.54) is 6.20 Å². The molecule has 0 radical (unpaired) electrons. The van der Waals surface area contributed by atoms with Crippen LogP contribution >= 0.6 is 0 Å². The minimum absolute atomic E-state index is 0.0309. The molecule has 36 heavy (non-hydrogen) atoms. The Hall–Kier alpha value is -3.33. The number of fused-ring (bicyclic) bond motifs is 1.